The van der Waals surface area contributed by atoms with Crippen LogP contribution in [0.2, 0.25) is 0 Å². The summed E-state index contributed by atoms with van der Waals surface area (Å²) < 4.78 is 18.5. The second-order valence-electron chi connectivity index (χ2n) is 6.16. The van der Waals surface area contributed by atoms with Gasteiger partial charge in [-0.3, -0.25) is 9.80 Å². The third-order valence-electron chi connectivity index (χ3n) is 4.62. The lowest BCUT2D eigenvalue weighted by atomic mass is 10.0. The third-order valence-corrected chi connectivity index (χ3v) is 4.62. The first kappa shape index (κ1) is 14.9. The van der Waals surface area contributed by atoms with Crippen LogP contribution in [0.4, 0.5) is 4.39 Å². The van der Waals surface area contributed by atoms with Crippen LogP contribution in [0.5, 0.6) is 0 Å². The number of hydrogen-bond acceptors (Lipinski definition) is 3. The molecule has 0 bridgehead atoms. The van der Waals surface area contributed by atoms with Gasteiger partial charge in [-0.1, -0.05) is 18.6 Å². The van der Waals surface area contributed by atoms with Gasteiger partial charge in [-0.15, -0.1) is 0 Å². The van der Waals surface area contributed by atoms with E-state index in [1.165, 1.54) is 24.8 Å². The largest absolute Gasteiger partial charge is 0.379 e. The van der Waals surface area contributed by atoms with Gasteiger partial charge >= 0.3 is 0 Å². The van der Waals surface area contributed by atoms with Crippen molar-refractivity contribution in [3.63, 3.8) is 0 Å². The number of morpholine rings is 1. The normalized spacial score (nSPS) is 25.1. The van der Waals surface area contributed by atoms with Crippen LogP contribution >= 0.6 is 0 Å². The van der Waals surface area contributed by atoms with Gasteiger partial charge in [0.1, 0.15) is 5.82 Å². The van der Waals surface area contributed by atoms with Crippen LogP contribution in [0.3, 0.4) is 0 Å². The summed E-state index contributed by atoms with van der Waals surface area (Å²) in [4.78, 5) is 5.10. The molecule has 0 N–H and O–H groups in total. The molecule has 0 aliphatic carbocycles. The van der Waals surface area contributed by atoms with Gasteiger partial charge < -0.3 is 4.74 Å². The van der Waals surface area contributed by atoms with Gasteiger partial charge in [0, 0.05) is 32.2 Å². The van der Waals surface area contributed by atoms with E-state index < -0.39 is 0 Å². The van der Waals surface area contributed by atoms with Crippen LogP contribution in [0.15, 0.2) is 24.3 Å². The molecule has 2 aliphatic rings. The molecule has 2 heterocycles. The Morgan fingerprint density at radius 1 is 1.05 bits per heavy atom. The molecule has 1 aromatic rings. The number of piperidine rings is 1. The summed E-state index contributed by atoms with van der Waals surface area (Å²) in [5, 5.41) is 0. The first-order valence-corrected chi connectivity index (χ1v) is 8.10. The zero-order chi connectivity index (χ0) is 14.5. The highest BCUT2D eigenvalue weighted by Gasteiger charge is 2.25. The average molecular weight is 292 g/mol. The van der Waals surface area contributed by atoms with Crippen molar-refractivity contribution in [2.75, 3.05) is 39.4 Å². The van der Waals surface area contributed by atoms with Crippen LogP contribution in [0, 0.1) is 5.82 Å². The molecular formula is C17H25FN2O. The summed E-state index contributed by atoms with van der Waals surface area (Å²) in [6.45, 7) is 7.09. The molecule has 3 rings (SSSR count). The maximum absolute atomic E-state index is 13.0. The topological polar surface area (TPSA) is 15.7 Å². The molecule has 0 saturated carbocycles. The van der Waals surface area contributed by atoms with Crippen molar-refractivity contribution in [1.29, 1.82) is 0 Å². The summed E-state index contributed by atoms with van der Waals surface area (Å²) in [6, 6.07) is 7.58. The molecule has 116 valence electrons. The zero-order valence-electron chi connectivity index (χ0n) is 12.6. The molecule has 0 amide bonds. The number of hydrogen-bond donors (Lipinski definition) is 0. The van der Waals surface area contributed by atoms with E-state index in [1.54, 1.807) is 12.1 Å². The van der Waals surface area contributed by atoms with Crippen molar-refractivity contribution in [3.05, 3.63) is 35.6 Å². The Kier molecular flexibility index (Phi) is 5.22. The van der Waals surface area contributed by atoms with Gasteiger partial charge in [0.25, 0.3) is 0 Å². The molecule has 1 unspecified atom stereocenters. The second kappa shape index (κ2) is 7.34. The lowest BCUT2D eigenvalue weighted by molar-refractivity contribution is 0.0153. The Bertz CT molecular complexity index is 431. The molecule has 0 aromatic heterocycles. The van der Waals surface area contributed by atoms with Gasteiger partial charge in [-0.2, -0.15) is 0 Å². The van der Waals surface area contributed by atoms with Crippen molar-refractivity contribution in [2.24, 2.45) is 0 Å². The van der Waals surface area contributed by atoms with E-state index in [1.807, 2.05) is 12.1 Å². The predicted octanol–water partition coefficient (Wildman–Crippen LogP) is 2.51. The van der Waals surface area contributed by atoms with Crippen molar-refractivity contribution in [1.82, 2.24) is 9.80 Å². The SMILES string of the molecule is Fc1ccc(CN2CCCCC2CN2CCOCC2)cc1. The van der Waals surface area contributed by atoms with E-state index in [-0.39, 0.29) is 5.82 Å². The number of benzene rings is 1. The molecule has 3 nitrogen and oxygen atoms in total. The monoisotopic (exact) mass is 292 g/mol. The number of rotatable bonds is 4. The molecular weight excluding hydrogens is 267 g/mol. The minimum Gasteiger partial charge on any atom is -0.379 e. The van der Waals surface area contributed by atoms with E-state index in [0.29, 0.717) is 6.04 Å². The number of halogens is 1. The van der Waals surface area contributed by atoms with Crippen molar-refractivity contribution < 1.29 is 9.13 Å². The molecule has 2 saturated heterocycles. The average Bonchev–Trinajstić information content (AvgIpc) is 2.52. The third kappa shape index (κ3) is 4.25. The van der Waals surface area contributed by atoms with E-state index in [0.717, 1.165) is 45.9 Å². The Labute approximate surface area is 126 Å². The lowest BCUT2D eigenvalue weighted by Gasteiger charge is -2.39. The molecule has 1 atom stereocenters. The maximum Gasteiger partial charge on any atom is 0.123 e. The van der Waals surface area contributed by atoms with Crippen LogP contribution in [-0.2, 0) is 11.3 Å². The highest BCUT2D eigenvalue weighted by molar-refractivity contribution is 5.16. The van der Waals surface area contributed by atoms with Gasteiger partial charge in [0.15, 0.2) is 0 Å². The first-order valence-electron chi connectivity index (χ1n) is 8.10. The van der Waals surface area contributed by atoms with Crippen molar-refractivity contribution >= 4 is 0 Å². The van der Waals surface area contributed by atoms with E-state index in [9.17, 15) is 4.39 Å². The number of ether oxygens (including phenoxy) is 1. The van der Waals surface area contributed by atoms with E-state index >= 15 is 0 Å². The molecule has 2 fully saturated rings. The Hall–Kier alpha value is -0.970. The Balaban J connectivity index is 1.59. The molecule has 0 radical (unpaired) electrons. The molecule has 4 heteroatoms. The van der Waals surface area contributed by atoms with Gasteiger partial charge in [0.2, 0.25) is 0 Å². The summed E-state index contributed by atoms with van der Waals surface area (Å²) in [5.41, 5.74) is 1.21. The minimum atomic E-state index is -0.151. The number of nitrogens with zero attached hydrogens (tertiary/aromatic N) is 2. The zero-order valence-corrected chi connectivity index (χ0v) is 12.6. The summed E-state index contributed by atoms with van der Waals surface area (Å²) in [6.07, 6.45) is 3.88. The predicted molar refractivity (Wildman–Crippen MR) is 81.7 cm³/mol. The highest BCUT2D eigenvalue weighted by Crippen LogP contribution is 2.21. The van der Waals surface area contributed by atoms with Gasteiger partial charge in [0.05, 0.1) is 13.2 Å². The summed E-state index contributed by atoms with van der Waals surface area (Å²) >= 11 is 0. The minimum absolute atomic E-state index is 0.151. The first-order chi connectivity index (χ1) is 10.3. The summed E-state index contributed by atoms with van der Waals surface area (Å²) in [7, 11) is 0. The smallest absolute Gasteiger partial charge is 0.123 e. The summed E-state index contributed by atoms with van der Waals surface area (Å²) in [5.74, 6) is -0.151. The number of likely N-dealkylation sites (tertiary alicyclic amines) is 1. The highest BCUT2D eigenvalue weighted by atomic mass is 19.1. The van der Waals surface area contributed by atoms with Gasteiger partial charge in [-0.05, 0) is 37.1 Å². The van der Waals surface area contributed by atoms with Gasteiger partial charge in [-0.25, -0.2) is 4.39 Å². The quantitative estimate of drug-likeness (QED) is 0.848. The van der Waals surface area contributed by atoms with E-state index in [4.69, 9.17) is 4.74 Å². The molecule has 2 aliphatic heterocycles. The van der Waals surface area contributed by atoms with Crippen LogP contribution in [0.25, 0.3) is 0 Å². The molecule has 0 spiro atoms. The van der Waals surface area contributed by atoms with Crippen molar-refractivity contribution in [2.45, 2.75) is 31.8 Å². The van der Waals surface area contributed by atoms with Crippen LogP contribution in [-0.4, -0.2) is 55.2 Å². The van der Waals surface area contributed by atoms with Crippen molar-refractivity contribution in [3.8, 4) is 0 Å². The fourth-order valence-corrected chi connectivity index (χ4v) is 3.38. The fraction of sp³-hybridized carbons (Fsp3) is 0.647. The van der Waals surface area contributed by atoms with E-state index in [2.05, 4.69) is 9.80 Å². The van der Waals surface area contributed by atoms with Crippen LogP contribution < -0.4 is 0 Å². The second-order valence-corrected chi connectivity index (χ2v) is 6.16. The van der Waals surface area contributed by atoms with Crippen LogP contribution in [0.1, 0.15) is 24.8 Å². The molecule has 1 aromatic carbocycles. The lowest BCUT2D eigenvalue weighted by Crippen LogP contribution is -2.49. The molecule has 21 heavy (non-hydrogen) atoms. The maximum atomic E-state index is 13.0. The fourth-order valence-electron chi connectivity index (χ4n) is 3.38. The Morgan fingerprint density at radius 3 is 2.57 bits per heavy atom. The standard InChI is InChI=1S/C17H25FN2O/c18-16-6-4-15(5-7-16)13-20-8-2-1-3-17(20)14-19-9-11-21-12-10-19/h4-7,17H,1-3,8-14H2. The Morgan fingerprint density at radius 2 is 1.81 bits per heavy atom.